The zero-order valence-electron chi connectivity index (χ0n) is 15.7. The predicted molar refractivity (Wildman–Crippen MR) is 98.9 cm³/mol. The monoisotopic (exact) mass is 384 g/mol. The van der Waals surface area contributed by atoms with Crippen molar-refractivity contribution >= 4 is 11.1 Å². The Hall–Kier alpha value is -1.76. The maximum absolute atomic E-state index is 12.2. The fraction of sp³-hybridized carbons (Fsp3) is 0.650. The number of halogens is 3. The van der Waals surface area contributed by atoms with E-state index in [-0.39, 0.29) is 12.2 Å². The van der Waals surface area contributed by atoms with E-state index in [0.29, 0.717) is 24.5 Å². The van der Waals surface area contributed by atoms with Crippen LogP contribution in [0.4, 0.5) is 13.2 Å². The van der Waals surface area contributed by atoms with Crippen molar-refractivity contribution in [2.24, 2.45) is 5.92 Å². The van der Waals surface area contributed by atoms with Gasteiger partial charge in [-0.15, -0.1) is 0 Å². The third-order valence-electron chi connectivity index (χ3n) is 5.46. The standard InChI is InChI=1S/C20H27F3N2O2/c1-15-5-6-18-17(14-15)25(19(26)27-18)11-3-10-24-12-7-16(8-13-24)4-2-9-20(21,22)23/h5-6,14,16H,2-4,7-13H2,1H3. The van der Waals surface area contributed by atoms with Gasteiger partial charge in [0.15, 0.2) is 5.58 Å². The van der Waals surface area contributed by atoms with Crippen molar-refractivity contribution in [1.82, 2.24) is 9.47 Å². The van der Waals surface area contributed by atoms with Crippen LogP contribution in [0.2, 0.25) is 0 Å². The number of hydrogen-bond acceptors (Lipinski definition) is 3. The second-order valence-electron chi connectivity index (χ2n) is 7.64. The van der Waals surface area contributed by atoms with E-state index < -0.39 is 12.6 Å². The molecule has 0 radical (unpaired) electrons. The average molecular weight is 384 g/mol. The minimum atomic E-state index is -4.03. The summed E-state index contributed by atoms with van der Waals surface area (Å²) in [5, 5.41) is 0. The van der Waals surface area contributed by atoms with Gasteiger partial charge in [0.2, 0.25) is 0 Å². The SMILES string of the molecule is Cc1ccc2oc(=O)n(CCCN3CCC(CCCC(F)(F)F)CC3)c2c1. The molecule has 2 aromatic rings. The molecule has 1 aliphatic rings. The highest BCUT2D eigenvalue weighted by Gasteiger charge is 2.27. The lowest BCUT2D eigenvalue weighted by molar-refractivity contribution is -0.136. The minimum absolute atomic E-state index is 0.240. The fourth-order valence-corrected chi connectivity index (χ4v) is 3.93. The quantitative estimate of drug-likeness (QED) is 0.692. The number of fused-ring (bicyclic) bond motifs is 1. The van der Waals surface area contributed by atoms with Crippen molar-refractivity contribution in [3.8, 4) is 0 Å². The lowest BCUT2D eigenvalue weighted by Crippen LogP contribution is -2.35. The third-order valence-corrected chi connectivity index (χ3v) is 5.46. The molecule has 27 heavy (non-hydrogen) atoms. The molecule has 1 aromatic heterocycles. The van der Waals surface area contributed by atoms with Crippen LogP contribution in [0.1, 0.15) is 44.1 Å². The molecule has 150 valence electrons. The van der Waals surface area contributed by atoms with E-state index in [1.54, 1.807) is 4.57 Å². The average Bonchev–Trinajstić information content (AvgIpc) is 2.90. The molecule has 1 aromatic carbocycles. The predicted octanol–water partition coefficient (Wildman–Crippen LogP) is 4.74. The first-order valence-electron chi connectivity index (χ1n) is 9.71. The van der Waals surface area contributed by atoms with Crippen molar-refractivity contribution in [1.29, 1.82) is 0 Å². The maximum atomic E-state index is 12.2. The molecule has 0 unspecified atom stereocenters. The summed E-state index contributed by atoms with van der Waals surface area (Å²) in [6.07, 6.45) is -1.01. The molecule has 0 aliphatic carbocycles. The number of alkyl halides is 3. The summed E-state index contributed by atoms with van der Waals surface area (Å²) in [6, 6.07) is 5.72. The number of aryl methyl sites for hydroxylation is 2. The van der Waals surface area contributed by atoms with E-state index in [9.17, 15) is 18.0 Å². The van der Waals surface area contributed by atoms with Gasteiger partial charge in [-0.2, -0.15) is 13.2 Å². The second kappa shape index (κ2) is 8.50. The summed E-state index contributed by atoms with van der Waals surface area (Å²) in [4.78, 5) is 14.4. The van der Waals surface area contributed by atoms with Gasteiger partial charge in [-0.05, 0) is 75.9 Å². The first-order chi connectivity index (χ1) is 12.8. The van der Waals surface area contributed by atoms with Crippen LogP contribution in [0, 0.1) is 12.8 Å². The molecule has 0 atom stereocenters. The van der Waals surface area contributed by atoms with E-state index in [1.807, 2.05) is 25.1 Å². The largest absolute Gasteiger partial charge is 0.419 e. The molecular formula is C20H27F3N2O2. The Labute approximate surface area is 156 Å². The Morgan fingerprint density at radius 3 is 2.59 bits per heavy atom. The van der Waals surface area contributed by atoms with Crippen LogP contribution in [0.25, 0.3) is 11.1 Å². The molecule has 3 rings (SSSR count). The van der Waals surface area contributed by atoms with E-state index in [4.69, 9.17) is 4.42 Å². The Bertz CT molecular complexity index is 802. The Balaban J connectivity index is 1.42. The normalized spacial score (nSPS) is 17.0. The van der Waals surface area contributed by atoms with Gasteiger partial charge in [-0.1, -0.05) is 12.5 Å². The lowest BCUT2D eigenvalue weighted by Gasteiger charge is -2.32. The number of oxazole rings is 1. The van der Waals surface area contributed by atoms with Gasteiger partial charge in [-0.25, -0.2) is 4.79 Å². The van der Waals surface area contributed by atoms with Crippen LogP contribution >= 0.6 is 0 Å². The summed E-state index contributed by atoms with van der Waals surface area (Å²) in [6.45, 7) is 5.34. The van der Waals surface area contributed by atoms with E-state index >= 15 is 0 Å². The molecule has 0 saturated carbocycles. The lowest BCUT2D eigenvalue weighted by atomic mass is 9.91. The van der Waals surface area contributed by atoms with Crippen molar-refractivity contribution in [3.63, 3.8) is 0 Å². The number of likely N-dealkylation sites (tertiary alicyclic amines) is 1. The molecule has 2 heterocycles. The molecule has 4 nitrogen and oxygen atoms in total. The van der Waals surface area contributed by atoms with E-state index in [2.05, 4.69) is 4.90 Å². The molecule has 1 fully saturated rings. The zero-order chi connectivity index (χ0) is 19.4. The third kappa shape index (κ3) is 5.61. The van der Waals surface area contributed by atoms with Gasteiger partial charge in [0.25, 0.3) is 0 Å². The van der Waals surface area contributed by atoms with E-state index in [0.717, 1.165) is 50.0 Å². The number of rotatable bonds is 7. The molecule has 0 amide bonds. The van der Waals surface area contributed by atoms with Crippen LogP contribution in [0.5, 0.6) is 0 Å². The van der Waals surface area contributed by atoms with Crippen molar-refractivity contribution in [3.05, 3.63) is 34.3 Å². The Kier molecular flexibility index (Phi) is 6.29. The van der Waals surface area contributed by atoms with Crippen molar-refractivity contribution in [2.75, 3.05) is 19.6 Å². The Morgan fingerprint density at radius 2 is 1.89 bits per heavy atom. The second-order valence-corrected chi connectivity index (χ2v) is 7.64. The van der Waals surface area contributed by atoms with Crippen LogP contribution in [-0.4, -0.2) is 35.3 Å². The number of hydrogen-bond donors (Lipinski definition) is 0. The summed E-state index contributed by atoms with van der Waals surface area (Å²) in [7, 11) is 0. The highest BCUT2D eigenvalue weighted by Crippen LogP contribution is 2.27. The molecule has 1 saturated heterocycles. The first kappa shape index (κ1) is 20.0. The summed E-state index contributed by atoms with van der Waals surface area (Å²) in [5.41, 5.74) is 2.54. The van der Waals surface area contributed by atoms with Gasteiger partial charge in [-0.3, -0.25) is 4.57 Å². The van der Waals surface area contributed by atoms with Gasteiger partial charge in [0.1, 0.15) is 0 Å². The van der Waals surface area contributed by atoms with Gasteiger partial charge >= 0.3 is 11.9 Å². The van der Waals surface area contributed by atoms with Crippen LogP contribution in [-0.2, 0) is 6.54 Å². The number of nitrogens with zero attached hydrogens (tertiary/aromatic N) is 2. The van der Waals surface area contributed by atoms with Crippen LogP contribution < -0.4 is 5.76 Å². The maximum Gasteiger partial charge on any atom is 0.419 e. The van der Waals surface area contributed by atoms with Crippen molar-refractivity contribution < 1.29 is 17.6 Å². The summed E-state index contributed by atoms with van der Waals surface area (Å²) >= 11 is 0. The smallest absolute Gasteiger partial charge is 0.408 e. The van der Waals surface area contributed by atoms with Gasteiger partial charge in [0, 0.05) is 13.0 Å². The fourth-order valence-electron chi connectivity index (χ4n) is 3.93. The van der Waals surface area contributed by atoms with E-state index in [1.165, 1.54) is 0 Å². The highest BCUT2D eigenvalue weighted by atomic mass is 19.4. The van der Waals surface area contributed by atoms with Crippen molar-refractivity contribution in [2.45, 2.75) is 58.2 Å². The molecule has 0 spiro atoms. The zero-order valence-corrected chi connectivity index (χ0v) is 15.7. The van der Waals surface area contributed by atoms with Crippen LogP contribution in [0.15, 0.2) is 27.4 Å². The first-order valence-corrected chi connectivity index (χ1v) is 9.71. The van der Waals surface area contributed by atoms with Gasteiger partial charge in [0.05, 0.1) is 5.52 Å². The molecule has 7 heteroatoms. The summed E-state index contributed by atoms with van der Waals surface area (Å²) in [5.74, 6) is 0.0889. The number of aromatic nitrogens is 1. The van der Waals surface area contributed by atoms with Crippen LogP contribution in [0.3, 0.4) is 0 Å². The number of piperidine rings is 1. The molecular weight excluding hydrogens is 357 g/mol. The minimum Gasteiger partial charge on any atom is -0.408 e. The highest BCUT2D eigenvalue weighted by molar-refractivity contribution is 5.73. The number of benzene rings is 1. The topological polar surface area (TPSA) is 38.4 Å². The molecule has 0 bridgehead atoms. The van der Waals surface area contributed by atoms with Gasteiger partial charge < -0.3 is 9.32 Å². The molecule has 0 N–H and O–H groups in total. The molecule has 1 aliphatic heterocycles. The summed E-state index contributed by atoms with van der Waals surface area (Å²) < 4.78 is 43.7. The Morgan fingerprint density at radius 1 is 1.15 bits per heavy atom.